The number of methoxy groups -OCH3 is 1. The van der Waals surface area contributed by atoms with Gasteiger partial charge in [-0.2, -0.15) is 5.10 Å². The lowest BCUT2D eigenvalue weighted by atomic mass is 9.84. The van der Waals surface area contributed by atoms with E-state index < -0.39 is 0 Å². The number of nitrogens with zero attached hydrogens (tertiary/aromatic N) is 2. The lowest BCUT2D eigenvalue weighted by Crippen LogP contribution is -2.57. The number of rotatable bonds is 7. The van der Waals surface area contributed by atoms with Gasteiger partial charge in [-0.15, -0.1) is 0 Å². The molecule has 3 heterocycles. The lowest BCUT2D eigenvalue weighted by Gasteiger charge is -2.40. The fourth-order valence-corrected chi connectivity index (χ4v) is 5.28. The van der Waals surface area contributed by atoms with Gasteiger partial charge in [0.05, 0.1) is 24.5 Å². The first-order chi connectivity index (χ1) is 16.0. The zero-order chi connectivity index (χ0) is 24.1. The summed E-state index contributed by atoms with van der Waals surface area (Å²) in [4.78, 5) is 32.4. The van der Waals surface area contributed by atoms with E-state index >= 15 is 0 Å². The van der Waals surface area contributed by atoms with E-state index in [1.165, 1.54) is 32.1 Å². The molecule has 1 aromatic rings. The number of piperidine rings is 1. The van der Waals surface area contributed by atoms with Gasteiger partial charge in [0.2, 0.25) is 5.91 Å². The number of nitrogens with one attached hydrogen (secondary N) is 3. The van der Waals surface area contributed by atoms with Gasteiger partial charge in [0.15, 0.2) is 0 Å². The van der Waals surface area contributed by atoms with Crippen LogP contribution in [0, 0.1) is 0 Å². The number of aromatic nitrogens is 2. The molecule has 11 nitrogen and oxygen atoms in total. The lowest BCUT2D eigenvalue weighted by molar-refractivity contribution is -0.134. The molecule has 0 bridgehead atoms. The highest BCUT2D eigenvalue weighted by Gasteiger charge is 2.51. The molecular weight excluding hydrogens is 430 g/mol. The molecule has 1 aromatic heterocycles. The van der Waals surface area contributed by atoms with E-state index in [2.05, 4.69) is 25.7 Å². The van der Waals surface area contributed by atoms with Crippen LogP contribution in [0.3, 0.4) is 0 Å². The van der Waals surface area contributed by atoms with Crippen molar-refractivity contribution in [1.82, 2.24) is 25.7 Å². The van der Waals surface area contributed by atoms with Crippen molar-refractivity contribution in [1.29, 1.82) is 0 Å². The zero-order valence-electron chi connectivity index (χ0n) is 19.3. The minimum absolute atomic E-state index is 0.181. The summed E-state index contributed by atoms with van der Waals surface area (Å²) >= 11 is 0. The number of fused-ring (bicyclic) bond motifs is 1. The molecule has 2 atom stereocenters. The average Bonchev–Trinajstić information content (AvgIpc) is 3.54. The maximum atomic E-state index is 13.3. The Morgan fingerprint density at radius 1 is 1.24 bits per heavy atom. The Balaban J connectivity index is 0.000000582. The Labute approximate surface area is 194 Å². The quantitative estimate of drug-likeness (QED) is 0.370. The van der Waals surface area contributed by atoms with E-state index in [-0.39, 0.29) is 24.4 Å². The number of carbonyl (C=O) groups excluding carboxylic acids is 1. The van der Waals surface area contributed by atoms with Crippen LogP contribution in [0.1, 0.15) is 62.8 Å². The van der Waals surface area contributed by atoms with Crippen molar-refractivity contribution in [2.45, 2.75) is 82.1 Å². The second kappa shape index (κ2) is 13.9. The van der Waals surface area contributed by atoms with Crippen molar-refractivity contribution in [2.24, 2.45) is 0 Å². The molecule has 0 spiro atoms. The number of hydrogen-bond donors (Lipinski definition) is 5. The fraction of sp³-hybridized carbons (Fsp3) is 0.727. The van der Waals surface area contributed by atoms with Crippen molar-refractivity contribution in [3.05, 3.63) is 17.5 Å². The van der Waals surface area contributed by atoms with E-state index in [0.29, 0.717) is 25.2 Å². The Morgan fingerprint density at radius 3 is 2.61 bits per heavy atom. The predicted molar refractivity (Wildman–Crippen MR) is 120 cm³/mol. The number of amides is 1. The second-order valence-electron chi connectivity index (χ2n) is 8.69. The Bertz CT molecular complexity index is 733. The molecule has 3 aliphatic rings. The minimum atomic E-state index is -0.329. The van der Waals surface area contributed by atoms with Crippen LogP contribution < -0.4 is 10.6 Å². The summed E-state index contributed by atoms with van der Waals surface area (Å²) in [6.45, 7) is 2.52. The normalized spacial score (nSPS) is 24.6. The zero-order valence-corrected chi connectivity index (χ0v) is 19.3. The first kappa shape index (κ1) is 26.7. The van der Waals surface area contributed by atoms with Crippen molar-refractivity contribution in [3.8, 4) is 0 Å². The first-order valence-corrected chi connectivity index (χ1v) is 11.5. The predicted octanol–water partition coefficient (Wildman–Crippen LogP) is 1.10. The van der Waals surface area contributed by atoms with Crippen LogP contribution in [-0.4, -0.2) is 82.0 Å². The Kier molecular flexibility index (Phi) is 11.3. The molecule has 5 N–H and O–H groups in total. The van der Waals surface area contributed by atoms with E-state index in [9.17, 15) is 4.79 Å². The van der Waals surface area contributed by atoms with Gasteiger partial charge in [0.25, 0.3) is 12.9 Å². The molecule has 186 valence electrons. The summed E-state index contributed by atoms with van der Waals surface area (Å²) < 4.78 is 5.10. The van der Waals surface area contributed by atoms with Crippen LogP contribution in [0.25, 0.3) is 0 Å². The molecule has 1 saturated carbocycles. The number of ether oxygens (including phenoxy) is 1. The van der Waals surface area contributed by atoms with Crippen molar-refractivity contribution in [2.75, 3.05) is 20.2 Å². The molecule has 0 radical (unpaired) electrons. The number of H-pyrrole nitrogens is 1. The van der Waals surface area contributed by atoms with Gasteiger partial charge in [-0.05, 0) is 51.1 Å². The highest BCUT2D eigenvalue weighted by Crippen LogP contribution is 2.38. The van der Waals surface area contributed by atoms with Crippen molar-refractivity contribution in [3.63, 3.8) is 0 Å². The summed E-state index contributed by atoms with van der Waals surface area (Å²) in [5, 5.41) is 28.0. The summed E-state index contributed by atoms with van der Waals surface area (Å²) in [6.07, 6.45) is 9.52. The van der Waals surface area contributed by atoms with Crippen LogP contribution in [0.4, 0.5) is 0 Å². The van der Waals surface area contributed by atoms with Crippen molar-refractivity contribution >= 4 is 18.9 Å². The molecule has 11 heteroatoms. The van der Waals surface area contributed by atoms with Gasteiger partial charge in [-0.1, -0.05) is 12.8 Å². The average molecular weight is 468 g/mol. The Hall–Kier alpha value is -2.50. The van der Waals surface area contributed by atoms with Gasteiger partial charge < -0.3 is 25.6 Å². The molecule has 0 unspecified atom stereocenters. The SMILES string of the molecule is COCc1cc(CNC(=O)[C@@]23CCCCN2C[C@@H](NC2CCCC2)C3)[nH]n1.O=CO.O=CO. The molecule has 4 rings (SSSR count). The molecule has 0 aromatic carbocycles. The van der Waals surface area contributed by atoms with E-state index in [1.807, 2.05) is 6.07 Å². The third-order valence-corrected chi connectivity index (χ3v) is 6.56. The molecule has 33 heavy (non-hydrogen) atoms. The maximum Gasteiger partial charge on any atom is 0.290 e. The van der Waals surface area contributed by atoms with Crippen LogP contribution in [0.2, 0.25) is 0 Å². The van der Waals surface area contributed by atoms with Crippen LogP contribution in [0.5, 0.6) is 0 Å². The number of carboxylic acid groups (broad SMARTS) is 2. The molecule has 1 amide bonds. The smallest absolute Gasteiger partial charge is 0.290 e. The monoisotopic (exact) mass is 467 g/mol. The molecule has 2 aliphatic heterocycles. The molecule has 1 aliphatic carbocycles. The van der Waals surface area contributed by atoms with Gasteiger partial charge in [0, 0.05) is 25.7 Å². The third-order valence-electron chi connectivity index (χ3n) is 6.56. The summed E-state index contributed by atoms with van der Waals surface area (Å²) in [5.74, 6) is 0.181. The van der Waals surface area contributed by atoms with Gasteiger partial charge in [-0.25, -0.2) is 0 Å². The third kappa shape index (κ3) is 7.51. The fourth-order valence-electron chi connectivity index (χ4n) is 5.28. The van der Waals surface area contributed by atoms with E-state index in [4.69, 9.17) is 24.5 Å². The van der Waals surface area contributed by atoms with E-state index in [1.54, 1.807) is 7.11 Å². The summed E-state index contributed by atoms with van der Waals surface area (Å²) in [7, 11) is 1.66. The molecule has 2 saturated heterocycles. The second-order valence-corrected chi connectivity index (χ2v) is 8.69. The largest absolute Gasteiger partial charge is 0.483 e. The van der Waals surface area contributed by atoms with Crippen LogP contribution in [0.15, 0.2) is 6.07 Å². The van der Waals surface area contributed by atoms with Gasteiger partial charge in [-0.3, -0.25) is 24.4 Å². The summed E-state index contributed by atoms with van der Waals surface area (Å²) in [5.41, 5.74) is 1.46. The molecular formula is C22H37N5O6. The highest BCUT2D eigenvalue weighted by atomic mass is 16.5. The Morgan fingerprint density at radius 2 is 1.94 bits per heavy atom. The van der Waals surface area contributed by atoms with Gasteiger partial charge >= 0.3 is 0 Å². The van der Waals surface area contributed by atoms with Gasteiger partial charge in [0.1, 0.15) is 5.54 Å². The number of hydrogen-bond acceptors (Lipinski definition) is 7. The highest BCUT2D eigenvalue weighted by molar-refractivity contribution is 5.87. The van der Waals surface area contributed by atoms with Crippen LogP contribution >= 0.6 is 0 Å². The maximum absolute atomic E-state index is 13.3. The number of aromatic amines is 1. The standard InChI is InChI=1S/C20H33N5O2.2CH2O2/c1-27-14-17-10-16(23-24-17)12-21-19(26)20-8-4-5-9-25(20)13-18(11-20)22-15-6-2-3-7-15;2*2-1-3/h10,15,18,22H,2-9,11-14H2,1H3,(H,21,26)(H,23,24);2*1H,(H,2,3)/t18-,20-;;/m0../s1. The topological polar surface area (TPSA) is 157 Å². The minimum Gasteiger partial charge on any atom is -0.483 e. The molecule has 3 fully saturated rings. The van der Waals surface area contributed by atoms with Crippen molar-refractivity contribution < 1.29 is 29.3 Å². The van der Waals surface area contributed by atoms with Crippen LogP contribution in [-0.2, 0) is 32.3 Å². The number of carbonyl (C=O) groups is 3. The summed E-state index contributed by atoms with van der Waals surface area (Å²) in [6, 6.07) is 3.05. The van der Waals surface area contributed by atoms with E-state index in [0.717, 1.165) is 43.7 Å². The first-order valence-electron chi connectivity index (χ1n) is 11.5.